The zero-order valence-corrected chi connectivity index (χ0v) is 24.1. The molecule has 1 atom stereocenters. The Morgan fingerprint density at radius 1 is 0.947 bits per heavy atom. The first kappa shape index (κ1) is 27.9. The second-order valence-corrected chi connectivity index (χ2v) is 12.9. The number of halogens is 1. The van der Waals surface area contributed by atoms with E-state index in [0.29, 0.717) is 24.7 Å². The fourth-order valence-electron chi connectivity index (χ4n) is 7.13. The Kier molecular flexibility index (Phi) is 8.68. The number of hydrogen-bond donors (Lipinski definition) is 2. The Hall–Kier alpha value is -1.67. The van der Waals surface area contributed by atoms with E-state index in [4.69, 9.17) is 11.6 Å². The molecule has 1 aromatic rings. The minimum absolute atomic E-state index is 0.00218. The second-order valence-electron chi connectivity index (χ2n) is 12.5. The highest BCUT2D eigenvalue weighted by Crippen LogP contribution is 2.39. The van der Waals surface area contributed by atoms with Gasteiger partial charge in [-0.25, -0.2) is 0 Å². The number of nitrogens with one attached hydrogen (secondary N) is 2. The first-order valence-electron chi connectivity index (χ1n) is 14.9. The Morgan fingerprint density at radius 3 is 2.16 bits per heavy atom. The highest BCUT2D eigenvalue weighted by Gasteiger charge is 2.61. The van der Waals surface area contributed by atoms with Gasteiger partial charge < -0.3 is 9.80 Å². The van der Waals surface area contributed by atoms with Crippen LogP contribution in [0.5, 0.6) is 0 Å². The van der Waals surface area contributed by atoms with Gasteiger partial charge >= 0.3 is 0 Å². The van der Waals surface area contributed by atoms with Gasteiger partial charge in [-0.2, -0.15) is 0 Å². The maximum Gasteiger partial charge on any atom is 0.251 e. The summed E-state index contributed by atoms with van der Waals surface area (Å²) in [6.07, 6.45) is 14.4. The molecule has 3 heterocycles. The summed E-state index contributed by atoms with van der Waals surface area (Å²) in [5, 5.41) is 8.24. The fourth-order valence-corrected chi connectivity index (χ4v) is 7.25. The molecule has 38 heavy (non-hydrogen) atoms. The van der Waals surface area contributed by atoms with E-state index in [1.807, 2.05) is 43.0 Å². The van der Waals surface area contributed by atoms with Crippen molar-refractivity contribution in [1.82, 2.24) is 25.3 Å². The van der Waals surface area contributed by atoms with Crippen LogP contribution in [-0.4, -0.2) is 76.1 Å². The molecule has 2 N–H and O–H groups in total. The summed E-state index contributed by atoms with van der Waals surface area (Å²) in [6, 6.07) is 7.62. The van der Waals surface area contributed by atoms with E-state index >= 15 is 0 Å². The van der Waals surface area contributed by atoms with Gasteiger partial charge in [0.15, 0.2) is 0 Å². The molecule has 0 radical (unpaired) electrons. The average Bonchev–Trinajstić information content (AvgIpc) is 2.92. The van der Waals surface area contributed by atoms with Crippen molar-refractivity contribution in [2.45, 2.75) is 114 Å². The highest BCUT2D eigenvalue weighted by molar-refractivity contribution is 6.30. The first-order valence-corrected chi connectivity index (χ1v) is 15.3. The molecule has 1 aromatic carbocycles. The molecule has 1 saturated carbocycles. The van der Waals surface area contributed by atoms with Gasteiger partial charge in [0.2, 0.25) is 5.91 Å². The summed E-state index contributed by atoms with van der Waals surface area (Å²) in [5.41, 5.74) is 0.373. The summed E-state index contributed by atoms with van der Waals surface area (Å²) < 4.78 is 0. The Morgan fingerprint density at radius 2 is 1.55 bits per heavy atom. The van der Waals surface area contributed by atoms with Gasteiger partial charge in [-0.3, -0.25) is 25.1 Å². The van der Waals surface area contributed by atoms with Crippen LogP contribution in [-0.2, 0) is 16.1 Å². The predicted molar refractivity (Wildman–Crippen MR) is 152 cm³/mol. The van der Waals surface area contributed by atoms with Crippen molar-refractivity contribution in [3.63, 3.8) is 0 Å². The van der Waals surface area contributed by atoms with Crippen LogP contribution in [0.15, 0.2) is 24.3 Å². The number of carbonyl (C=O) groups is 2. The zero-order chi connectivity index (χ0) is 26.8. The SMILES string of the molecule is CC(C)N1CC(=O)N(Cc2ccc(Cl)cc2)C2(CN(C3CC4(CCCCCCCCCC4)NCN3)C2)C1=O. The van der Waals surface area contributed by atoms with Crippen molar-refractivity contribution in [3.8, 4) is 0 Å². The van der Waals surface area contributed by atoms with E-state index in [-0.39, 0.29) is 36.1 Å². The van der Waals surface area contributed by atoms with Crippen molar-refractivity contribution in [2.75, 3.05) is 26.3 Å². The maximum atomic E-state index is 13.9. The van der Waals surface area contributed by atoms with E-state index in [2.05, 4.69) is 15.5 Å². The van der Waals surface area contributed by atoms with Gasteiger partial charge in [0.1, 0.15) is 12.1 Å². The minimum Gasteiger partial charge on any atom is -0.329 e. The summed E-state index contributed by atoms with van der Waals surface area (Å²) in [4.78, 5) is 33.5. The number of nitrogens with zero attached hydrogens (tertiary/aromatic N) is 3. The molecular formula is C30H46ClN5O2. The van der Waals surface area contributed by atoms with Crippen molar-refractivity contribution in [1.29, 1.82) is 0 Å². The molecule has 2 amide bonds. The van der Waals surface area contributed by atoms with Gasteiger partial charge in [-0.1, -0.05) is 75.1 Å². The second kappa shape index (κ2) is 11.8. The lowest BCUT2D eigenvalue weighted by atomic mass is 9.78. The summed E-state index contributed by atoms with van der Waals surface area (Å²) in [6.45, 7) is 6.57. The number of benzene rings is 1. The molecule has 2 spiro atoms. The normalized spacial score (nSPS) is 27.0. The topological polar surface area (TPSA) is 67.9 Å². The van der Waals surface area contributed by atoms with Crippen LogP contribution < -0.4 is 10.6 Å². The Balaban J connectivity index is 1.32. The van der Waals surface area contributed by atoms with Gasteiger partial charge in [0, 0.05) is 42.9 Å². The van der Waals surface area contributed by atoms with E-state index in [1.54, 1.807) is 4.90 Å². The van der Waals surface area contributed by atoms with E-state index < -0.39 is 5.54 Å². The molecule has 0 aromatic heterocycles. The summed E-state index contributed by atoms with van der Waals surface area (Å²) in [7, 11) is 0. The summed E-state index contributed by atoms with van der Waals surface area (Å²) in [5.74, 6) is 0.127. The van der Waals surface area contributed by atoms with Crippen molar-refractivity contribution >= 4 is 23.4 Å². The third-order valence-corrected chi connectivity index (χ3v) is 9.73. The van der Waals surface area contributed by atoms with Crippen molar-refractivity contribution in [3.05, 3.63) is 34.9 Å². The quantitative estimate of drug-likeness (QED) is 0.585. The molecule has 7 nitrogen and oxygen atoms in total. The Bertz CT molecular complexity index is 965. The molecule has 210 valence electrons. The largest absolute Gasteiger partial charge is 0.329 e. The average molecular weight is 544 g/mol. The van der Waals surface area contributed by atoms with Gasteiger partial charge in [0.25, 0.3) is 5.91 Å². The molecule has 5 rings (SSSR count). The lowest BCUT2D eigenvalue weighted by molar-refractivity contribution is -0.186. The van der Waals surface area contributed by atoms with E-state index in [0.717, 1.165) is 18.7 Å². The molecule has 8 heteroatoms. The molecular weight excluding hydrogens is 498 g/mol. The van der Waals surface area contributed by atoms with Crippen LogP contribution in [0.3, 0.4) is 0 Å². The van der Waals surface area contributed by atoms with Crippen molar-refractivity contribution in [2.24, 2.45) is 0 Å². The van der Waals surface area contributed by atoms with Crippen molar-refractivity contribution < 1.29 is 9.59 Å². The maximum absolute atomic E-state index is 13.9. The number of likely N-dealkylation sites (tertiary alicyclic amines) is 1. The van der Waals surface area contributed by atoms with Crippen LogP contribution >= 0.6 is 11.6 Å². The molecule has 3 saturated heterocycles. The van der Waals surface area contributed by atoms with Gasteiger partial charge in [-0.05, 0) is 50.8 Å². The zero-order valence-electron chi connectivity index (χ0n) is 23.3. The van der Waals surface area contributed by atoms with Crippen LogP contribution in [0.2, 0.25) is 5.02 Å². The number of rotatable bonds is 4. The lowest BCUT2D eigenvalue weighted by Gasteiger charge is -2.61. The number of carbonyl (C=O) groups excluding carboxylic acids is 2. The fraction of sp³-hybridized carbons (Fsp3) is 0.733. The molecule has 4 aliphatic rings. The monoisotopic (exact) mass is 543 g/mol. The lowest BCUT2D eigenvalue weighted by Crippen LogP contribution is -2.83. The highest BCUT2D eigenvalue weighted by atomic mass is 35.5. The molecule has 4 fully saturated rings. The smallest absolute Gasteiger partial charge is 0.251 e. The van der Waals surface area contributed by atoms with Crippen LogP contribution in [0, 0.1) is 0 Å². The minimum atomic E-state index is -0.798. The number of piperazine rings is 1. The standard InChI is InChI=1S/C30H46ClN5O2/c1-23(2)35-19-27(37)36(18-24-11-13-25(31)14-12-24)30(28(35)38)20-34(21-30)26-17-29(33-22-32-26)15-9-7-5-3-4-6-8-10-16-29/h11-14,23,26,32-33H,3-10,15-22H2,1-2H3. The van der Waals surface area contributed by atoms with Crippen LogP contribution in [0.1, 0.15) is 90.0 Å². The third kappa shape index (κ3) is 5.77. The van der Waals surface area contributed by atoms with Gasteiger partial charge in [-0.15, -0.1) is 0 Å². The van der Waals surface area contributed by atoms with Crippen LogP contribution in [0.4, 0.5) is 0 Å². The molecule has 0 bridgehead atoms. The molecule has 1 aliphatic carbocycles. The number of amides is 2. The van der Waals surface area contributed by atoms with Crippen LogP contribution in [0.25, 0.3) is 0 Å². The third-order valence-electron chi connectivity index (χ3n) is 9.48. The predicted octanol–water partition coefficient (Wildman–Crippen LogP) is 4.49. The van der Waals surface area contributed by atoms with E-state index in [9.17, 15) is 9.59 Å². The molecule has 1 unspecified atom stereocenters. The molecule has 3 aliphatic heterocycles. The summed E-state index contributed by atoms with van der Waals surface area (Å²) >= 11 is 6.11. The Labute approximate surface area is 233 Å². The van der Waals surface area contributed by atoms with E-state index in [1.165, 1.54) is 64.2 Å². The van der Waals surface area contributed by atoms with Gasteiger partial charge in [0.05, 0.1) is 6.17 Å². The first-order chi connectivity index (χ1) is 18.3. The number of hydrogen-bond acceptors (Lipinski definition) is 5.